The van der Waals surface area contributed by atoms with E-state index >= 15 is 0 Å². The van der Waals surface area contributed by atoms with Crippen molar-refractivity contribution in [3.63, 3.8) is 0 Å². The van der Waals surface area contributed by atoms with Gasteiger partial charge in [0, 0.05) is 12.0 Å². The predicted octanol–water partition coefficient (Wildman–Crippen LogP) is 5.28. The average Bonchev–Trinajstić information content (AvgIpc) is 3.48. The minimum absolute atomic E-state index is 0.0277. The Hall–Kier alpha value is -1.97. The van der Waals surface area contributed by atoms with Gasteiger partial charge in [0.1, 0.15) is 17.6 Å². The number of esters is 1. The van der Waals surface area contributed by atoms with Crippen molar-refractivity contribution in [1.29, 1.82) is 0 Å². The van der Waals surface area contributed by atoms with Crippen LogP contribution >= 0.6 is 11.6 Å². The first-order valence-corrected chi connectivity index (χ1v) is 14.9. The molecule has 0 amide bonds. The van der Waals surface area contributed by atoms with Crippen LogP contribution < -0.4 is 5.32 Å². The second-order valence-corrected chi connectivity index (χ2v) is 12.8. The van der Waals surface area contributed by atoms with Gasteiger partial charge in [-0.15, -0.1) is 0 Å². The number of anilines is 1. The van der Waals surface area contributed by atoms with E-state index in [1.165, 1.54) is 51.4 Å². The lowest BCUT2D eigenvalue weighted by Crippen LogP contribution is -2.36. The lowest BCUT2D eigenvalue weighted by Gasteiger charge is -2.30. The fourth-order valence-corrected chi connectivity index (χ4v) is 8.48. The van der Waals surface area contributed by atoms with Gasteiger partial charge in [0.25, 0.3) is 0 Å². The van der Waals surface area contributed by atoms with E-state index < -0.39 is 11.2 Å². The first-order valence-electron chi connectivity index (χ1n) is 14.5. The van der Waals surface area contributed by atoms with Gasteiger partial charge in [-0.2, -0.15) is 9.97 Å². The fraction of sp³-hybridized carbons (Fsp3) is 0.786. The minimum Gasteiger partial charge on any atom is -0.465 e. The second kappa shape index (κ2) is 9.03. The van der Waals surface area contributed by atoms with Crippen LogP contribution in [0.3, 0.4) is 0 Å². The molecule has 5 atom stereocenters. The molecule has 2 aromatic rings. The molecule has 9 nitrogen and oxygen atoms in total. The maximum atomic E-state index is 13.2. The topological polar surface area (TPSA) is 100 Å². The summed E-state index contributed by atoms with van der Waals surface area (Å²) in [5.74, 6) is 1.07. The molecule has 206 valence electrons. The Bertz CT molecular complexity index is 1220. The summed E-state index contributed by atoms with van der Waals surface area (Å²) in [6.07, 6.45) is 12.1. The molecule has 7 rings (SSSR count). The van der Waals surface area contributed by atoms with E-state index in [1.54, 1.807) is 0 Å². The maximum Gasteiger partial charge on any atom is 0.315 e. The summed E-state index contributed by atoms with van der Waals surface area (Å²) in [7, 11) is 0. The first kappa shape index (κ1) is 25.0. The molecule has 3 heterocycles. The number of carbonyl (C=O) groups is 1. The van der Waals surface area contributed by atoms with Crippen molar-refractivity contribution in [1.82, 2.24) is 19.5 Å². The van der Waals surface area contributed by atoms with Gasteiger partial charge in [-0.05, 0) is 76.3 Å². The number of hydrogen-bond acceptors (Lipinski definition) is 8. The lowest BCUT2D eigenvalue weighted by molar-refractivity contribution is -0.172. The van der Waals surface area contributed by atoms with E-state index in [1.807, 2.05) is 27.1 Å². The van der Waals surface area contributed by atoms with E-state index in [4.69, 9.17) is 30.8 Å². The highest BCUT2D eigenvalue weighted by Gasteiger charge is 2.80. The minimum atomic E-state index is -0.786. The Morgan fingerprint density at radius 1 is 1.16 bits per heavy atom. The summed E-state index contributed by atoms with van der Waals surface area (Å²) < 4.78 is 20.3. The van der Waals surface area contributed by atoms with Crippen molar-refractivity contribution < 1.29 is 19.0 Å². The van der Waals surface area contributed by atoms with Crippen molar-refractivity contribution in [2.45, 2.75) is 109 Å². The van der Waals surface area contributed by atoms with Crippen LogP contribution in [0.4, 0.5) is 5.82 Å². The summed E-state index contributed by atoms with van der Waals surface area (Å²) in [5, 5.41) is 4.03. The smallest absolute Gasteiger partial charge is 0.315 e. The normalized spacial score (nSPS) is 34.2. The predicted molar refractivity (Wildman–Crippen MR) is 142 cm³/mol. The highest BCUT2D eigenvalue weighted by molar-refractivity contribution is 6.28. The molecule has 0 spiro atoms. The van der Waals surface area contributed by atoms with Gasteiger partial charge in [-0.1, -0.05) is 25.7 Å². The molecule has 0 unspecified atom stereocenters. The van der Waals surface area contributed by atoms with Crippen LogP contribution in [0.2, 0.25) is 5.28 Å². The third-order valence-electron chi connectivity index (χ3n) is 9.93. The number of nitrogens with one attached hydrogen (secondary N) is 1. The Morgan fingerprint density at radius 3 is 2.50 bits per heavy atom. The summed E-state index contributed by atoms with van der Waals surface area (Å²) >= 11 is 6.55. The van der Waals surface area contributed by atoms with E-state index in [0.717, 1.165) is 5.52 Å². The number of carbonyl (C=O) groups excluding carboxylic acids is 1. The molecule has 0 radical (unpaired) electrons. The maximum absolute atomic E-state index is 13.2. The zero-order valence-electron chi connectivity index (χ0n) is 22.5. The third kappa shape index (κ3) is 3.79. The number of hydrogen-bond donors (Lipinski definition) is 1. The zero-order valence-corrected chi connectivity index (χ0v) is 23.2. The Kier molecular flexibility index (Phi) is 5.95. The molecule has 10 heteroatoms. The number of halogens is 1. The zero-order chi connectivity index (χ0) is 26.2. The van der Waals surface area contributed by atoms with Crippen molar-refractivity contribution in [3.05, 3.63) is 11.6 Å². The van der Waals surface area contributed by atoms with E-state index in [2.05, 4.69) is 19.9 Å². The highest BCUT2D eigenvalue weighted by atomic mass is 35.5. The van der Waals surface area contributed by atoms with Crippen molar-refractivity contribution in [2.75, 3.05) is 11.9 Å². The Labute approximate surface area is 228 Å². The molecule has 5 fully saturated rings. The van der Waals surface area contributed by atoms with Crippen LogP contribution in [0.15, 0.2) is 6.33 Å². The molecule has 1 N–H and O–H groups in total. The van der Waals surface area contributed by atoms with Crippen LogP contribution in [-0.2, 0) is 19.0 Å². The highest BCUT2D eigenvalue weighted by Crippen LogP contribution is 2.72. The van der Waals surface area contributed by atoms with Crippen LogP contribution in [0.5, 0.6) is 0 Å². The van der Waals surface area contributed by atoms with Crippen molar-refractivity contribution in [2.24, 2.45) is 23.2 Å². The molecule has 1 saturated heterocycles. The summed E-state index contributed by atoms with van der Waals surface area (Å²) in [4.78, 5) is 27.3. The van der Waals surface area contributed by atoms with Crippen molar-refractivity contribution >= 4 is 34.6 Å². The molecule has 4 aliphatic carbocycles. The second-order valence-electron chi connectivity index (χ2n) is 12.5. The number of nitrogens with zero attached hydrogens (tertiary/aromatic N) is 4. The molecule has 38 heavy (non-hydrogen) atoms. The van der Waals surface area contributed by atoms with Crippen molar-refractivity contribution in [3.8, 4) is 0 Å². The Balaban J connectivity index is 1.26. The molecule has 4 saturated carbocycles. The van der Waals surface area contributed by atoms with Gasteiger partial charge < -0.3 is 24.1 Å². The number of aromatic nitrogens is 4. The van der Waals surface area contributed by atoms with E-state index in [9.17, 15) is 4.79 Å². The SMILES string of the molecule is CCOC(=O)[C@@]12C[C@@H]1[C@@H](n1cnc3c(NC(C4CCCC4)C4CCCC4)nc(Cl)nc31)[C@@H]1OC(C)(C)O[C@@H]12. The average molecular weight is 544 g/mol. The van der Waals surface area contributed by atoms with Crippen LogP contribution in [0, 0.1) is 23.2 Å². The van der Waals surface area contributed by atoms with Gasteiger partial charge in [0.05, 0.1) is 19.0 Å². The van der Waals surface area contributed by atoms with Crippen LogP contribution in [-0.4, -0.2) is 56.1 Å². The van der Waals surface area contributed by atoms with Gasteiger partial charge in [-0.3, -0.25) is 4.79 Å². The Morgan fingerprint density at radius 2 is 1.84 bits per heavy atom. The molecule has 0 aromatic carbocycles. The first-order chi connectivity index (χ1) is 18.3. The summed E-state index contributed by atoms with van der Waals surface area (Å²) in [6, 6.07) is 0.220. The molecule has 1 aliphatic heterocycles. The van der Waals surface area contributed by atoms with Crippen LogP contribution in [0.25, 0.3) is 11.2 Å². The molecule has 2 aromatic heterocycles. The molecule has 0 bridgehead atoms. The summed E-state index contributed by atoms with van der Waals surface area (Å²) in [6.45, 7) is 5.98. The van der Waals surface area contributed by atoms with E-state index in [-0.39, 0.29) is 35.4 Å². The largest absolute Gasteiger partial charge is 0.465 e. The number of imidazole rings is 1. The lowest BCUT2D eigenvalue weighted by atomic mass is 9.86. The third-order valence-corrected chi connectivity index (χ3v) is 10.1. The number of ether oxygens (including phenoxy) is 3. The van der Waals surface area contributed by atoms with Gasteiger partial charge >= 0.3 is 5.97 Å². The summed E-state index contributed by atoms with van der Waals surface area (Å²) in [5.41, 5.74) is 0.705. The monoisotopic (exact) mass is 543 g/mol. The molecular weight excluding hydrogens is 506 g/mol. The standard InChI is InChI=1S/C28H38ClN5O4/c1-4-36-25(35)28-13-17(28)20(21-22(28)38-27(2,3)37-21)34-14-30-19-23(32-26(29)33-24(19)34)31-18(15-9-5-6-10-15)16-11-7-8-12-16/h14-18,20-22H,4-13H2,1-3H3,(H,31,32,33)/t17-,20-,21+,22+,28+/m1/s1. The van der Waals surface area contributed by atoms with Gasteiger partial charge in [-0.25, -0.2) is 4.98 Å². The van der Waals surface area contributed by atoms with E-state index in [0.29, 0.717) is 42.4 Å². The fourth-order valence-electron chi connectivity index (χ4n) is 8.31. The van der Waals surface area contributed by atoms with Gasteiger partial charge in [0.2, 0.25) is 5.28 Å². The quantitative estimate of drug-likeness (QED) is 0.371. The van der Waals surface area contributed by atoms with Crippen LogP contribution in [0.1, 0.15) is 84.6 Å². The molecular formula is C28H38ClN5O4. The number of rotatable bonds is 7. The van der Waals surface area contributed by atoms with Gasteiger partial charge in [0.15, 0.2) is 22.8 Å². The number of fused-ring (bicyclic) bond motifs is 4. The molecule has 5 aliphatic rings.